The average Bonchev–Trinajstić information content (AvgIpc) is 2.79. The Bertz CT molecular complexity index is 927. The molecule has 0 N–H and O–H groups in total. The lowest BCUT2D eigenvalue weighted by molar-refractivity contribution is -0.158. The zero-order chi connectivity index (χ0) is 21.1. The Morgan fingerprint density at radius 3 is 2.40 bits per heavy atom. The number of carbonyl (C=O) groups excluding carboxylic acids is 3. The first-order chi connectivity index (χ1) is 14.5. The number of benzene rings is 1. The third kappa shape index (κ3) is 4.17. The lowest BCUT2D eigenvalue weighted by atomic mass is 10.0. The second-order valence-corrected chi connectivity index (χ2v) is 7.62. The van der Waals surface area contributed by atoms with Gasteiger partial charge in [0.2, 0.25) is 0 Å². The summed E-state index contributed by atoms with van der Waals surface area (Å²) in [6.07, 6.45) is 4.46. The molecule has 0 radical (unpaired) electrons. The number of carbonyl (C=O) groups is 3. The summed E-state index contributed by atoms with van der Waals surface area (Å²) in [5.41, 5.74) is 1.34. The van der Waals surface area contributed by atoms with Gasteiger partial charge in [-0.2, -0.15) is 0 Å². The van der Waals surface area contributed by atoms with E-state index in [0.717, 1.165) is 5.56 Å². The van der Waals surface area contributed by atoms with E-state index in [1.807, 2.05) is 0 Å². The van der Waals surface area contributed by atoms with Crippen LogP contribution in [0.3, 0.4) is 0 Å². The first-order valence-corrected chi connectivity index (χ1v) is 10.1. The summed E-state index contributed by atoms with van der Waals surface area (Å²) in [5.74, 6) is -1.42. The Kier molecular flexibility index (Phi) is 5.74. The molecule has 4 rings (SSSR count). The van der Waals surface area contributed by atoms with Crippen LogP contribution in [0.25, 0.3) is 0 Å². The van der Waals surface area contributed by atoms with Crippen molar-refractivity contribution in [1.29, 1.82) is 0 Å². The van der Waals surface area contributed by atoms with E-state index in [4.69, 9.17) is 0 Å². The van der Waals surface area contributed by atoms with Crippen LogP contribution in [-0.4, -0.2) is 69.6 Å². The first-order valence-electron chi connectivity index (χ1n) is 10.1. The number of pyridine rings is 1. The molecule has 8 heteroatoms. The molecule has 0 atom stereocenters. The van der Waals surface area contributed by atoms with Gasteiger partial charge in [0.25, 0.3) is 5.91 Å². The van der Waals surface area contributed by atoms with Crippen molar-refractivity contribution in [3.05, 3.63) is 65.7 Å². The smallest absolute Gasteiger partial charge is 0.312 e. The van der Waals surface area contributed by atoms with Crippen molar-refractivity contribution in [3.8, 4) is 0 Å². The molecule has 0 saturated carbocycles. The van der Waals surface area contributed by atoms with Crippen molar-refractivity contribution >= 4 is 17.7 Å². The van der Waals surface area contributed by atoms with Crippen LogP contribution in [0.2, 0.25) is 0 Å². The minimum absolute atomic E-state index is 0.0487. The van der Waals surface area contributed by atoms with Crippen LogP contribution in [0.15, 0.2) is 48.8 Å². The molecule has 0 bridgehead atoms. The van der Waals surface area contributed by atoms with Crippen LogP contribution in [0.5, 0.6) is 0 Å². The Morgan fingerprint density at radius 1 is 1.00 bits per heavy atom. The maximum atomic E-state index is 13.1. The summed E-state index contributed by atoms with van der Waals surface area (Å²) in [6.45, 7) is 2.27. The molecular weight excluding hydrogens is 387 g/mol. The molecule has 2 fully saturated rings. The van der Waals surface area contributed by atoms with Crippen LogP contribution in [-0.2, 0) is 16.1 Å². The average molecular weight is 410 g/mol. The molecule has 30 heavy (non-hydrogen) atoms. The summed E-state index contributed by atoms with van der Waals surface area (Å²) >= 11 is 0. The Balaban J connectivity index is 1.33. The monoisotopic (exact) mass is 410 g/mol. The van der Waals surface area contributed by atoms with Crippen LogP contribution < -0.4 is 0 Å². The van der Waals surface area contributed by atoms with Gasteiger partial charge < -0.3 is 14.7 Å². The molecule has 7 nitrogen and oxygen atoms in total. The first kappa shape index (κ1) is 20.0. The number of aromatic nitrogens is 1. The summed E-state index contributed by atoms with van der Waals surface area (Å²) in [5, 5.41) is 0. The predicted octanol–water partition coefficient (Wildman–Crippen LogP) is 1.70. The highest BCUT2D eigenvalue weighted by Gasteiger charge is 2.38. The fraction of sp³-hybridized carbons (Fsp3) is 0.364. The van der Waals surface area contributed by atoms with Gasteiger partial charge in [0.05, 0.1) is 5.56 Å². The van der Waals surface area contributed by atoms with E-state index in [1.165, 1.54) is 17.0 Å². The highest BCUT2D eigenvalue weighted by atomic mass is 19.1. The van der Waals surface area contributed by atoms with E-state index in [0.29, 0.717) is 44.6 Å². The number of hydrogen-bond donors (Lipinski definition) is 0. The molecule has 0 unspecified atom stereocenters. The fourth-order valence-corrected chi connectivity index (χ4v) is 4.05. The molecule has 1 aromatic heterocycles. The quantitative estimate of drug-likeness (QED) is 0.719. The second kappa shape index (κ2) is 8.61. The van der Waals surface area contributed by atoms with Crippen molar-refractivity contribution in [2.45, 2.75) is 25.4 Å². The zero-order valence-corrected chi connectivity index (χ0v) is 16.5. The molecule has 2 aliphatic heterocycles. The van der Waals surface area contributed by atoms with Gasteiger partial charge in [-0.1, -0.05) is 12.1 Å². The summed E-state index contributed by atoms with van der Waals surface area (Å²) in [6, 6.07) is 9.35. The van der Waals surface area contributed by atoms with Gasteiger partial charge in [0.1, 0.15) is 5.82 Å². The predicted molar refractivity (Wildman–Crippen MR) is 107 cm³/mol. The Hall–Kier alpha value is -3.29. The third-order valence-corrected chi connectivity index (χ3v) is 5.73. The van der Waals surface area contributed by atoms with Gasteiger partial charge >= 0.3 is 11.8 Å². The number of halogens is 1. The lowest BCUT2D eigenvalue weighted by Crippen LogP contribution is -2.59. The second-order valence-electron chi connectivity index (χ2n) is 7.62. The molecule has 2 aromatic rings. The molecule has 0 spiro atoms. The number of rotatable bonds is 4. The van der Waals surface area contributed by atoms with Crippen molar-refractivity contribution in [2.75, 3.05) is 26.2 Å². The number of nitrogens with zero attached hydrogens (tertiary/aromatic N) is 4. The van der Waals surface area contributed by atoms with E-state index < -0.39 is 11.8 Å². The number of piperazine rings is 1. The number of amides is 3. The SMILES string of the molecule is O=C1C(=O)N(C2CCN(C(=O)c3cccnc3)CC2)CCN1Cc1ccc(F)cc1. The summed E-state index contributed by atoms with van der Waals surface area (Å²) in [7, 11) is 0. The number of hydrogen-bond acceptors (Lipinski definition) is 4. The highest BCUT2D eigenvalue weighted by molar-refractivity contribution is 6.35. The molecule has 1 aromatic carbocycles. The van der Waals surface area contributed by atoms with E-state index in [9.17, 15) is 18.8 Å². The van der Waals surface area contributed by atoms with Gasteiger partial charge in [0.15, 0.2) is 0 Å². The van der Waals surface area contributed by atoms with Crippen molar-refractivity contribution in [2.24, 2.45) is 0 Å². The number of likely N-dealkylation sites (tertiary alicyclic amines) is 1. The molecular formula is C22H23FN4O3. The van der Waals surface area contributed by atoms with Crippen molar-refractivity contribution in [1.82, 2.24) is 19.7 Å². The Morgan fingerprint density at radius 2 is 1.73 bits per heavy atom. The van der Waals surface area contributed by atoms with Crippen molar-refractivity contribution in [3.63, 3.8) is 0 Å². The zero-order valence-electron chi connectivity index (χ0n) is 16.5. The van der Waals surface area contributed by atoms with Crippen LogP contribution in [0.4, 0.5) is 4.39 Å². The van der Waals surface area contributed by atoms with Crippen LogP contribution in [0.1, 0.15) is 28.8 Å². The van der Waals surface area contributed by atoms with Gasteiger partial charge in [-0.25, -0.2) is 4.39 Å². The standard InChI is InChI=1S/C22H23FN4O3/c23-18-5-3-16(4-6-18)15-26-12-13-27(22(30)21(26)29)19-7-10-25(11-8-19)20(28)17-2-1-9-24-14-17/h1-6,9,14,19H,7-8,10-13,15H2. The van der Waals surface area contributed by atoms with Gasteiger partial charge in [-0.15, -0.1) is 0 Å². The summed E-state index contributed by atoms with van der Waals surface area (Å²) < 4.78 is 13.1. The highest BCUT2D eigenvalue weighted by Crippen LogP contribution is 2.21. The lowest BCUT2D eigenvalue weighted by Gasteiger charge is -2.42. The normalized spacial score (nSPS) is 18.1. The van der Waals surface area contributed by atoms with E-state index in [2.05, 4.69) is 4.98 Å². The van der Waals surface area contributed by atoms with E-state index >= 15 is 0 Å². The largest absolute Gasteiger partial charge is 0.338 e. The van der Waals surface area contributed by atoms with E-state index in [1.54, 1.807) is 46.5 Å². The van der Waals surface area contributed by atoms with Gasteiger partial charge in [-0.3, -0.25) is 19.4 Å². The maximum absolute atomic E-state index is 13.1. The van der Waals surface area contributed by atoms with Crippen LogP contribution in [0, 0.1) is 5.82 Å². The molecule has 156 valence electrons. The van der Waals surface area contributed by atoms with E-state index in [-0.39, 0.29) is 24.3 Å². The molecule has 3 heterocycles. The molecule has 0 aliphatic carbocycles. The maximum Gasteiger partial charge on any atom is 0.312 e. The number of piperidine rings is 1. The topological polar surface area (TPSA) is 73.8 Å². The van der Waals surface area contributed by atoms with Crippen LogP contribution >= 0.6 is 0 Å². The molecule has 2 saturated heterocycles. The summed E-state index contributed by atoms with van der Waals surface area (Å²) in [4.78, 5) is 46.8. The van der Waals surface area contributed by atoms with Crippen molar-refractivity contribution < 1.29 is 18.8 Å². The van der Waals surface area contributed by atoms with Gasteiger partial charge in [-0.05, 0) is 42.7 Å². The minimum Gasteiger partial charge on any atom is -0.338 e. The molecule has 2 aliphatic rings. The fourth-order valence-electron chi connectivity index (χ4n) is 4.05. The minimum atomic E-state index is -0.528. The Labute approximate surface area is 174 Å². The van der Waals surface area contributed by atoms with Gasteiger partial charge in [0, 0.05) is 51.2 Å². The molecule has 3 amide bonds. The third-order valence-electron chi connectivity index (χ3n) is 5.73.